The van der Waals surface area contributed by atoms with E-state index in [9.17, 15) is 4.79 Å². The minimum atomic E-state index is -0.160. The van der Waals surface area contributed by atoms with Gasteiger partial charge in [-0.3, -0.25) is 4.79 Å². The van der Waals surface area contributed by atoms with Gasteiger partial charge in [0.2, 0.25) is 5.91 Å². The molecule has 1 aromatic carbocycles. The molecule has 1 unspecified atom stereocenters. The summed E-state index contributed by atoms with van der Waals surface area (Å²) in [6, 6.07) is 9.83. The second kappa shape index (κ2) is 8.18. The zero-order chi connectivity index (χ0) is 14.3. The molecule has 0 saturated carbocycles. The number of nitrogens with zero attached hydrogens (tertiary/aromatic N) is 1. The lowest BCUT2D eigenvalue weighted by molar-refractivity contribution is -0.134. The maximum atomic E-state index is 12.5. The van der Waals surface area contributed by atoms with Crippen molar-refractivity contribution in [2.24, 2.45) is 5.92 Å². The van der Waals surface area contributed by atoms with Crippen LogP contribution in [-0.2, 0) is 11.3 Å². The molecule has 19 heavy (non-hydrogen) atoms. The van der Waals surface area contributed by atoms with Crippen molar-refractivity contribution in [3.63, 3.8) is 0 Å². The molecule has 0 aliphatic carbocycles. The van der Waals surface area contributed by atoms with Crippen molar-refractivity contribution in [1.82, 2.24) is 10.2 Å². The first-order chi connectivity index (χ1) is 9.10. The number of carbonyl (C=O) groups excluding carboxylic acids is 1. The molecule has 1 N–H and O–H groups in total. The Bertz CT molecular complexity index is 381. The van der Waals surface area contributed by atoms with E-state index < -0.39 is 0 Å². The molecule has 0 aliphatic heterocycles. The number of rotatable bonds is 7. The van der Waals surface area contributed by atoms with Gasteiger partial charge >= 0.3 is 0 Å². The van der Waals surface area contributed by atoms with Crippen LogP contribution in [0.4, 0.5) is 0 Å². The Labute approximate surface area is 120 Å². The molecule has 0 radical (unpaired) electrons. The first kappa shape index (κ1) is 16.0. The molecule has 0 heterocycles. The van der Waals surface area contributed by atoms with Crippen LogP contribution >= 0.6 is 11.6 Å². The van der Waals surface area contributed by atoms with Gasteiger partial charge in [0.05, 0.1) is 6.04 Å². The monoisotopic (exact) mass is 282 g/mol. The number of hydrogen-bond acceptors (Lipinski definition) is 2. The van der Waals surface area contributed by atoms with Crippen LogP contribution in [-0.4, -0.2) is 36.3 Å². The highest BCUT2D eigenvalue weighted by Gasteiger charge is 2.25. The SMILES string of the molecule is CNC(C(=O)N(CCCl)Cc1ccccc1)C(C)C. The third kappa shape index (κ3) is 4.84. The Morgan fingerprint density at radius 3 is 2.42 bits per heavy atom. The van der Waals surface area contributed by atoms with Crippen LogP contribution in [0.1, 0.15) is 19.4 Å². The molecule has 1 atom stereocenters. The maximum Gasteiger partial charge on any atom is 0.240 e. The summed E-state index contributed by atoms with van der Waals surface area (Å²) in [7, 11) is 1.82. The second-order valence-corrected chi connectivity index (χ2v) is 5.32. The van der Waals surface area contributed by atoms with Crippen LogP contribution in [0.5, 0.6) is 0 Å². The first-order valence-electron chi connectivity index (χ1n) is 6.66. The fourth-order valence-corrected chi connectivity index (χ4v) is 2.32. The number of halogens is 1. The van der Waals surface area contributed by atoms with E-state index in [1.165, 1.54) is 0 Å². The van der Waals surface area contributed by atoms with E-state index in [1.54, 1.807) is 0 Å². The Morgan fingerprint density at radius 1 is 1.32 bits per heavy atom. The highest BCUT2D eigenvalue weighted by Crippen LogP contribution is 2.10. The highest BCUT2D eigenvalue weighted by atomic mass is 35.5. The molecular weight excluding hydrogens is 260 g/mol. The molecule has 0 saturated heterocycles. The minimum Gasteiger partial charge on any atom is -0.336 e. The summed E-state index contributed by atoms with van der Waals surface area (Å²) < 4.78 is 0. The highest BCUT2D eigenvalue weighted by molar-refractivity contribution is 6.18. The van der Waals surface area contributed by atoms with Gasteiger partial charge in [-0.15, -0.1) is 11.6 Å². The van der Waals surface area contributed by atoms with Crippen molar-refractivity contribution < 1.29 is 4.79 Å². The number of nitrogens with one attached hydrogen (secondary N) is 1. The van der Waals surface area contributed by atoms with Crippen LogP contribution in [0, 0.1) is 5.92 Å². The number of hydrogen-bond donors (Lipinski definition) is 1. The zero-order valence-corrected chi connectivity index (χ0v) is 12.7. The molecule has 0 aromatic heterocycles. The van der Waals surface area contributed by atoms with E-state index in [1.807, 2.05) is 56.1 Å². The summed E-state index contributed by atoms with van der Waals surface area (Å²) in [5.41, 5.74) is 1.12. The summed E-state index contributed by atoms with van der Waals surface area (Å²) in [4.78, 5) is 14.3. The van der Waals surface area contributed by atoms with E-state index in [-0.39, 0.29) is 17.9 Å². The number of benzene rings is 1. The zero-order valence-electron chi connectivity index (χ0n) is 11.9. The molecule has 0 aliphatic rings. The summed E-state index contributed by atoms with van der Waals surface area (Å²) in [5.74, 6) is 0.820. The topological polar surface area (TPSA) is 32.3 Å². The van der Waals surface area contributed by atoms with Crippen molar-refractivity contribution in [2.45, 2.75) is 26.4 Å². The Morgan fingerprint density at radius 2 is 1.95 bits per heavy atom. The van der Waals surface area contributed by atoms with E-state index in [2.05, 4.69) is 5.32 Å². The molecule has 4 heteroatoms. The van der Waals surface area contributed by atoms with Gasteiger partial charge in [0, 0.05) is 19.0 Å². The molecule has 0 fully saturated rings. The summed E-state index contributed by atoms with van der Waals surface area (Å²) in [6.07, 6.45) is 0. The summed E-state index contributed by atoms with van der Waals surface area (Å²) in [5, 5.41) is 3.09. The van der Waals surface area contributed by atoms with Crippen molar-refractivity contribution in [1.29, 1.82) is 0 Å². The van der Waals surface area contributed by atoms with Crippen LogP contribution < -0.4 is 5.32 Å². The predicted molar refractivity (Wildman–Crippen MR) is 80.3 cm³/mol. The van der Waals surface area contributed by atoms with Crippen molar-refractivity contribution in [3.8, 4) is 0 Å². The van der Waals surface area contributed by atoms with Gasteiger partial charge in [-0.05, 0) is 18.5 Å². The fourth-order valence-electron chi connectivity index (χ4n) is 2.11. The van der Waals surface area contributed by atoms with E-state index >= 15 is 0 Å². The van der Waals surface area contributed by atoms with Gasteiger partial charge in [-0.1, -0.05) is 44.2 Å². The fraction of sp³-hybridized carbons (Fsp3) is 0.533. The van der Waals surface area contributed by atoms with Crippen LogP contribution in [0.2, 0.25) is 0 Å². The van der Waals surface area contributed by atoms with Gasteiger partial charge in [-0.2, -0.15) is 0 Å². The van der Waals surface area contributed by atoms with Crippen LogP contribution in [0.25, 0.3) is 0 Å². The Balaban J connectivity index is 2.79. The largest absolute Gasteiger partial charge is 0.336 e. The van der Waals surface area contributed by atoms with Gasteiger partial charge in [-0.25, -0.2) is 0 Å². The molecule has 106 valence electrons. The van der Waals surface area contributed by atoms with Crippen LogP contribution in [0.3, 0.4) is 0 Å². The van der Waals surface area contributed by atoms with Gasteiger partial charge in [0.15, 0.2) is 0 Å². The van der Waals surface area contributed by atoms with Gasteiger partial charge < -0.3 is 10.2 Å². The smallest absolute Gasteiger partial charge is 0.240 e. The molecule has 1 rings (SSSR count). The molecule has 0 spiro atoms. The molecule has 3 nitrogen and oxygen atoms in total. The molecule has 1 amide bonds. The molecular formula is C15H23ClN2O. The lowest BCUT2D eigenvalue weighted by Crippen LogP contribution is -2.48. The number of amides is 1. The van der Waals surface area contributed by atoms with E-state index in [0.29, 0.717) is 19.0 Å². The molecule has 0 bridgehead atoms. The number of alkyl halides is 1. The van der Waals surface area contributed by atoms with E-state index in [0.717, 1.165) is 5.56 Å². The quantitative estimate of drug-likeness (QED) is 0.780. The Kier molecular flexibility index (Phi) is 6.89. The van der Waals surface area contributed by atoms with Crippen molar-refractivity contribution in [2.75, 3.05) is 19.5 Å². The van der Waals surface area contributed by atoms with Crippen molar-refractivity contribution in [3.05, 3.63) is 35.9 Å². The summed E-state index contributed by atoms with van der Waals surface area (Å²) in [6.45, 7) is 5.26. The first-order valence-corrected chi connectivity index (χ1v) is 7.19. The Hall–Kier alpha value is -1.06. The van der Waals surface area contributed by atoms with E-state index in [4.69, 9.17) is 11.6 Å². The lowest BCUT2D eigenvalue weighted by atomic mass is 10.0. The summed E-state index contributed by atoms with van der Waals surface area (Å²) >= 11 is 5.82. The third-order valence-corrected chi connectivity index (χ3v) is 3.30. The number of likely N-dealkylation sites (N-methyl/N-ethyl adjacent to an activating group) is 1. The van der Waals surface area contributed by atoms with Crippen molar-refractivity contribution >= 4 is 17.5 Å². The number of carbonyl (C=O) groups is 1. The standard InChI is InChI=1S/C15H23ClN2O/c1-12(2)14(17-3)15(19)18(10-9-16)11-13-7-5-4-6-8-13/h4-8,12,14,17H,9-11H2,1-3H3. The normalized spacial score (nSPS) is 12.5. The van der Waals surface area contributed by atoms with Gasteiger partial charge in [0.1, 0.15) is 0 Å². The predicted octanol–water partition coefficient (Wildman–Crippen LogP) is 2.50. The minimum absolute atomic E-state index is 0.113. The average Bonchev–Trinajstić information content (AvgIpc) is 2.39. The van der Waals surface area contributed by atoms with Gasteiger partial charge in [0.25, 0.3) is 0 Å². The average molecular weight is 283 g/mol. The lowest BCUT2D eigenvalue weighted by Gasteiger charge is -2.28. The second-order valence-electron chi connectivity index (χ2n) is 4.94. The van der Waals surface area contributed by atoms with Crippen LogP contribution in [0.15, 0.2) is 30.3 Å². The molecule has 1 aromatic rings. The maximum absolute atomic E-state index is 12.5. The third-order valence-electron chi connectivity index (χ3n) is 3.13.